The highest BCUT2D eigenvalue weighted by Gasteiger charge is 2.46. The maximum Gasteiger partial charge on any atom is 0.266 e. The van der Waals surface area contributed by atoms with Crippen LogP contribution in [0.15, 0.2) is 115 Å². The molecule has 8 rings (SSSR count). The number of imide groups is 1. The van der Waals surface area contributed by atoms with Gasteiger partial charge in [-0.05, 0) is 140 Å². The number of allylic oxidation sites excluding steroid dienone is 6. The number of anilines is 1. The maximum atomic E-state index is 12.7. The van der Waals surface area contributed by atoms with Gasteiger partial charge in [-0.1, -0.05) is 99.0 Å². The fraction of sp³-hybridized carbons (Fsp3) is 0.367. The molecule has 0 aliphatic carbocycles. The molecular weight excluding hydrogens is 905 g/mol. The Morgan fingerprint density at radius 3 is 2.08 bits per heavy atom. The Morgan fingerprint density at radius 1 is 0.761 bits per heavy atom. The second-order valence-corrected chi connectivity index (χ2v) is 22.3. The summed E-state index contributed by atoms with van der Waals surface area (Å²) in [4.78, 5) is 39.7. The molecule has 11 heteroatoms. The van der Waals surface area contributed by atoms with Crippen LogP contribution in [-0.2, 0) is 41.8 Å². The number of hydrogen-bond donors (Lipinski definition) is 2. The van der Waals surface area contributed by atoms with Gasteiger partial charge in [0, 0.05) is 79.1 Å². The van der Waals surface area contributed by atoms with Crippen LogP contribution in [0.3, 0.4) is 0 Å². The van der Waals surface area contributed by atoms with E-state index in [4.69, 9.17) is 0 Å². The topological polar surface area (TPSA) is 127 Å². The van der Waals surface area contributed by atoms with E-state index in [2.05, 4.69) is 174 Å². The van der Waals surface area contributed by atoms with E-state index in [1.807, 2.05) is 0 Å². The lowest BCUT2D eigenvalue weighted by Crippen LogP contribution is -2.38. The zero-order valence-corrected chi connectivity index (χ0v) is 43.7. The normalized spacial score (nSPS) is 17.0. The van der Waals surface area contributed by atoms with Gasteiger partial charge in [-0.3, -0.25) is 23.8 Å². The van der Waals surface area contributed by atoms with E-state index < -0.39 is 21.3 Å². The lowest BCUT2D eigenvalue weighted by atomic mass is 9.78. The number of carbonyl (C=O) groups is 3. The summed E-state index contributed by atoms with van der Waals surface area (Å²) in [5.41, 5.74) is 13.9. The highest BCUT2D eigenvalue weighted by Crippen LogP contribution is 2.51. The first-order chi connectivity index (χ1) is 33.7. The second kappa shape index (κ2) is 20.4. The SMILES string of the molecule is CCCC[N+]1=C(C=CC(=CC=C2N(CCS(=O)(=O)O)c3ccc4c(C)cc(C)cc4c3C2(C)C)c2cccc(CCCCC(=O)NCCN3C(=O)C=CC3=O)c2)C(C)(C)c2c1ccc1c(C)cc(C)cc21. The van der Waals surface area contributed by atoms with Crippen LogP contribution in [0.25, 0.3) is 27.1 Å². The van der Waals surface area contributed by atoms with Crippen molar-refractivity contribution in [1.82, 2.24) is 10.2 Å². The van der Waals surface area contributed by atoms with Gasteiger partial charge < -0.3 is 10.2 Å². The minimum absolute atomic E-state index is 0.0862. The van der Waals surface area contributed by atoms with E-state index in [0.717, 1.165) is 87.1 Å². The second-order valence-electron chi connectivity index (χ2n) is 20.8. The van der Waals surface area contributed by atoms with Crippen molar-refractivity contribution in [1.29, 1.82) is 0 Å². The fourth-order valence-corrected chi connectivity index (χ4v) is 11.7. The third-order valence-electron chi connectivity index (χ3n) is 14.7. The van der Waals surface area contributed by atoms with Gasteiger partial charge >= 0.3 is 0 Å². The first kappa shape index (κ1) is 50.9. The molecule has 0 bridgehead atoms. The number of fused-ring (bicyclic) bond motifs is 6. The van der Waals surface area contributed by atoms with Gasteiger partial charge in [0.1, 0.15) is 6.54 Å². The molecule has 5 aromatic rings. The number of benzene rings is 5. The quantitative estimate of drug-likeness (QED) is 0.0294. The molecule has 0 radical (unpaired) electrons. The predicted molar refractivity (Wildman–Crippen MR) is 289 cm³/mol. The summed E-state index contributed by atoms with van der Waals surface area (Å²) in [7, 11) is -4.27. The highest BCUT2D eigenvalue weighted by molar-refractivity contribution is 7.85. The van der Waals surface area contributed by atoms with E-state index in [1.54, 1.807) is 0 Å². The molecule has 0 fully saturated rings. The maximum absolute atomic E-state index is 12.7. The van der Waals surface area contributed by atoms with Crippen LogP contribution in [0, 0.1) is 27.7 Å². The average Bonchev–Trinajstić information content (AvgIpc) is 3.83. The van der Waals surface area contributed by atoms with Crippen LogP contribution >= 0.6 is 0 Å². The number of aryl methyl sites for hydroxylation is 5. The van der Waals surface area contributed by atoms with Crippen molar-refractivity contribution in [3.8, 4) is 0 Å². The van der Waals surface area contributed by atoms with Crippen LogP contribution < -0.4 is 10.2 Å². The van der Waals surface area contributed by atoms with E-state index >= 15 is 0 Å². The minimum atomic E-state index is -4.27. The predicted octanol–water partition coefficient (Wildman–Crippen LogP) is 11.4. The largest absolute Gasteiger partial charge is 0.354 e. The first-order valence-electron chi connectivity index (χ1n) is 25.2. The van der Waals surface area contributed by atoms with Crippen LogP contribution in [0.1, 0.15) is 111 Å². The Morgan fingerprint density at radius 2 is 1.42 bits per heavy atom. The molecule has 0 saturated carbocycles. The number of hydrogen-bond acceptors (Lipinski definition) is 6. The zero-order chi connectivity index (χ0) is 51.0. The molecule has 0 spiro atoms. The molecule has 0 atom stereocenters. The number of unbranched alkanes of at least 4 members (excludes halogenated alkanes) is 2. The molecule has 2 N–H and O–H groups in total. The van der Waals surface area contributed by atoms with Gasteiger partial charge in [0.05, 0.1) is 11.2 Å². The Labute approximate surface area is 420 Å². The fourth-order valence-electron chi connectivity index (χ4n) is 11.3. The van der Waals surface area contributed by atoms with Crippen LogP contribution in [0.4, 0.5) is 11.4 Å². The van der Waals surface area contributed by atoms with Gasteiger partial charge in [-0.25, -0.2) is 0 Å². The standard InChI is InChI=1S/C60H68N4O6S/c1-10-11-30-62-50-23-21-46-41(4)34-39(2)36-48(46)57(50)59(6,7)52(62)25-19-44(45-17-14-16-43(38-45)15-12-13-18-54(65)61-29-31-64-55(66)27-28-56(64)67)20-26-53-60(8,9)58-49-37-40(3)35-42(5)47(49)22-24-51(58)63(53)32-33-71(68,69)70/h14,16-17,19-28,34-38H,10-13,15,18,29-33H2,1-9H3,(H-,61,65,68,69,70)/p+1. The summed E-state index contributed by atoms with van der Waals surface area (Å²) in [6.07, 6.45) is 16.0. The van der Waals surface area contributed by atoms with Crippen LogP contribution in [0.5, 0.6) is 0 Å². The third-order valence-corrected chi connectivity index (χ3v) is 15.4. The van der Waals surface area contributed by atoms with Crippen molar-refractivity contribution in [2.75, 3.05) is 36.8 Å². The van der Waals surface area contributed by atoms with Crippen LogP contribution in [-0.4, -0.2) is 77.8 Å². The molecule has 3 aliphatic heterocycles. The lowest BCUT2D eigenvalue weighted by Gasteiger charge is -2.27. The monoisotopic (exact) mass is 973 g/mol. The van der Waals surface area contributed by atoms with Gasteiger partial charge in [0.25, 0.3) is 21.9 Å². The summed E-state index contributed by atoms with van der Waals surface area (Å²) >= 11 is 0. The number of carbonyl (C=O) groups excluding carboxylic acids is 3. The molecule has 0 saturated heterocycles. The van der Waals surface area contributed by atoms with E-state index in [9.17, 15) is 27.4 Å². The minimum Gasteiger partial charge on any atom is -0.354 e. The molecule has 370 valence electrons. The van der Waals surface area contributed by atoms with Gasteiger partial charge in [0.2, 0.25) is 11.6 Å². The first-order valence-corrected chi connectivity index (χ1v) is 26.8. The third kappa shape index (κ3) is 10.5. The summed E-state index contributed by atoms with van der Waals surface area (Å²) < 4.78 is 37.3. The van der Waals surface area contributed by atoms with Crippen molar-refractivity contribution >= 4 is 72.0 Å². The molecule has 0 unspecified atom stereocenters. The smallest absolute Gasteiger partial charge is 0.266 e. The van der Waals surface area contributed by atoms with Crippen molar-refractivity contribution in [2.24, 2.45) is 0 Å². The number of nitrogens with one attached hydrogen (secondary N) is 1. The number of amides is 3. The molecule has 0 aromatic heterocycles. The Balaban J connectivity index is 1.17. The number of nitrogens with zero attached hydrogens (tertiary/aromatic N) is 3. The lowest BCUT2D eigenvalue weighted by molar-refractivity contribution is -0.438. The van der Waals surface area contributed by atoms with Gasteiger partial charge in [0.15, 0.2) is 5.71 Å². The Kier molecular flexibility index (Phi) is 14.6. The van der Waals surface area contributed by atoms with E-state index in [-0.39, 0.29) is 42.8 Å². The van der Waals surface area contributed by atoms with Crippen LogP contribution in [0.2, 0.25) is 0 Å². The Bertz CT molecular complexity index is 3240. The van der Waals surface area contributed by atoms with Crippen molar-refractivity contribution in [2.45, 2.75) is 112 Å². The zero-order valence-electron chi connectivity index (χ0n) is 42.9. The molecule has 10 nitrogen and oxygen atoms in total. The summed E-state index contributed by atoms with van der Waals surface area (Å²) in [6, 6.07) is 26.4. The molecule has 3 aliphatic rings. The van der Waals surface area contributed by atoms with E-state index in [1.165, 1.54) is 56.6 Å². The number of rotatable bonds is 18. The Hall–Kier alpha value is -6.43. The van der Waals surface area contributed by atoms with Crippen molar-refractivity contribution < 1.29 is 31.9 Å². The van der Waals surface area contributed by atoms with Gasteiger partial charge in [-0.2, -0.15) is 13.0 Å². The molecular formula is C60H69N4O6S+. The molecule has 71 heavy (non-hydrogen) atoms. The molecule has 3 amide bonds. The van der Waals surface area contributed by atoms with E-state index in [0.29, 0.717) is 12.8 Å². The summed E-state index contributed by atoms with van der Waals surface area (Å²) in [5, 5.41) is 7.70. The highest BCUT2D eigenvalue weighted by atomic mass is 32.2. The van der Waals surface area contributed by atoms with Crippen molar-refractivity contribution in [3.63, 3.8) is 0 Å². The van der Waals surface area contributed by atoms with Gasteiger partial charge in [-0.15, -0.1) is 0 Å². The summed E-state index contributed by atoms with van der Waals surface area (Å²) in [6.45, 7) is 21.3. The summed E-state index contributed by atoms with van der Waals surface area (Å²) in [5.74, 6) is -1.25. The average molecular weight is 974 g/mol. The molecule has 5 aromatic carbocycles. The molecule has 3 heterocycles. The van der Waals surface area contributed by atoms with Crippen molar-refractivity contribution in [3.05, 3.63) is 159 Å².